The highest BCUT2D eigenvalue weighted by molar-refractivity contribution is 6.03. The van der Waals surface area contributed by atoms with Crippen molar-refractivity contribution in [2.75, 3.05) is 5.32 Å². The molecule has 0 saturated carbocycles. The standard InChI is InChI=1S/C21H16N4O/c22-18-4-1-14-11-15(2-3-16(14)18)25-20-17-7-10-24-12-19(17)26-21(20)13-5-8-23-9-6-13/h2-3,5-12,22,25H,1,4H2. The molecule has 0 spiro atoms. The topological polar surface area (TPSA) is 74.8 Å². The molecule has 26 heavy (non-hydrogen) atoms. The molecule has 126 valence electrons. The number of fused-ring (bicyclic) bond motifs is 2. The van der Waals surface area contributed by atoms with Crippen LogP contribution in [0, 0.1) is 5.41 Å². The summed E-state index contributed by atoms with van der Waals surface area (Å²) in [4.78, 5) is 8.26. The van der Waals surface area contributed by atoms with E-state index in [9.17, 15) is 0 Å². The number of hydrogen-bond acceptors (Lipinski definition) is 5. The molecular weight excluding hydrogens is 324 g/mol. The lowest BCUT2D eigenvalue weighted by Crippen LogP contribution is -1.95. The maximum Gasteiger partial charge on any atom is 0.159 e. The van der Waals surface area contributed by atoms with Gasteiger partial charge in [-0.3, -0.25) is 9.97 Å². The Kier molecular flexibility index (Phi) is 3.31. The van der Waals surface area contributed by atoms with E-state index in [0.717, 1.165) is 57.8 Å². The Balaban J connectivity index is 1.63. The van der Waals surface area contributed by atoms with Crippen LogP contribution in [-0.4, -0.2) is 15.7 Å². The number of benzene rings is 1. The van der Waals surface area contributed by atoms with Crippen molar-refractivity contribution in [3.63, 3.8) is 0 Å². The van der Waals surface area contributed by atoms with Crippen LogP contribution in [0.15, 0.2) is 65.6 Å². The van der Waals surface area contributed by atoms with E-state index < -0.39 is 0 Å². The minimum absolute atomic E-state index is 0.726. The van der Waals surface area contributed by atoms with Gasteiger partial charge in [0.25, 0.3) is 0 Å². The van der Waals surface area contributed by atoms with Gasteiger partial charge >= 0.3 is 0 Å². The average Bonchev–Trinajstić information content (AvgIpc) is 3.24. The molecule has 5 nitrogen and oxygen atoms in total. The molecule has 2 N–H and O–H groups in total. The van der Waals surface area contributed by atoms with Crippen molar-refractivity contribution in [3.8, 4) is 11.3 Å². The zero-order valence-electron chi connectivity index (χ0n) is 14.0. The number of rotatable bonds is 3. The van der Waals surface area contributed by atoms with Crippen LogP contribution in [0.5, 0.6) is 0 Å². The van der Waals surface area contributed by atoms with Gasteiger partial charge in [-0.1, -0.05) is 6.07 Å². The van der Waals surface area contributed by atoms with Crippen LogP contribution in [0.2, 0.25) is 0 Å². The van der Waals surface area contributed by atoms with E-state index in [4.69, 9.17) is 9.83 Å². The van der Waals surface area contributed by atoms with Gasteiger partial charge in [-0.2, -0.15) is 0 Å². The molecular formula is C21H16N4O. The molecule has 1 aliphatic carbocycles. The van der Waals surface area contributed by atoms with Gasteiger partial charge in [-0.25, -0.2) is 0 Å². The highest BCUT2D eigenvalue weighted by Crippen LogP contribution is 2.39. The summed E-state index contributed by atoms with van der Waals surface area (Å²) in [7, 11) is 0. The number of furan rings is 1. The number of nitrogens with zero attached hydrogens (tertiary/aromatic N) is 2. The highest BCUT2D eigenvalue weighted by Gasteiger charge is 2.19. The first-order valence-corrected chi connectivity index (χ1v) is 8.54. The maximum absolute atomic E-state index is 8.00. The van der Waals surface area contributed by atoms with Crippen molar-refractivity contribution in [1.82, 2.24) is 9.97 Å². The van der Waals surface area contributed by atoms with Gasteiger partial charge in [-0.15, -0.1) is 0 Å². The van der Waals surface area contributed by atoms with Gasteiger partial charge < -0.3 is 15.1 Å². The number of aryl methyl sites for hydroxylation is 1. The van der Waals surface area contributed by atoms with Crippen LogP contribution in [0.4, 0.5) is 11.4 Å². The maximum atomic E-state index is 8.00. The lowest BCUT2D eigenvalue weighted by atomic mass is 10.1. The fraction of sp³-hybridized carbons (Fsp3) is 0.0952. The third-order valence-electron chi connectivity index (χ3n) is 4.78. The Morgan fingerprint density at radius 3 is 2.69 bits per heavy atom. The van der Waals surface area contributed by atoms with Crippen LogP contribution < -0.4 is 5.32 Å². The molecule has 0 amide bonds. The molecule has 3 aromatic heterocycles. The third-order valence-corrected chi connectivity index (χ3v) is 4.78. The zero-order chi connectivity index (χ0) is 17.5. The quantitative estimate of drug-likeness (QED) is 0.553. The molecule has 0 radical (unpaired) electrons. The number of aromatic nitrogens is 2. The Bertz CT molecular complexity index is 1130. The van der Waals surface area contributed by atoms with E-state index in [0.29, 0.717) is 0 Å². The molecule has 5 heteroatoms. The molecule has 1 aliphatic rings. The first-order chi connectivity index (χ1) is 12.8. The van der Waals surface area contributed by atoms with Crippen LogP contribution in [0.3, 0.4) is 0 Å². The summed E-state index contributed by atoms with van der Waals surface area (Å²) in [6.45, 7) is 0. The van der Waals surface area contributed by atoms with Crippen molar-refractivity contribution in [2.45, 2.75) is 12.8 Å². The zero-order valence-corrected chi connectivity index (χ0v) is 14.0. The molecule has 0 unspecified atom stereocenters. The summed E-state index contributed by atoms with van der Waals surface area (Å²) in [6, 6.07) is 12.0. The van der Waals surface area contributed by atoms with E-state index in [1.165, 1.54) is 5.56 Å². The van der Waals surface area contributed by atoms with Crippen LogP contribution in [0.1, 0.15) is 17.5 Å². The third kappa shape index (κ3) is 2.37. The fourth-order valence-electron chi connectivity index (χ4n) is 3.49. The van der Waals surface area contributed by atoms with Gasteiger partial charge in [-0.05, 0) is 54.3 Å². The fourth-order valence-corrected chi connectivity index (χ4v) is 3.49. The first kappa shape index (κ1) is 14.8. The van der Waals surface area contributed by atoms with Crippen molar-refractivity contribution >= 4 is 28.1 Å². The normalized spacial score (nSPS) is 13.2. The first-order valence-electron chi connectivity index (χ1n) is 8.54. The second kappa shape index (κ2) is 5.81. The predicted octanol–water partition coefficient (Wildman–Crippen LogP) is 4.95. The van der Waals surface area contributed by atoms with Crippen molar-refractivity contribution in [1.29, 1.82) is 5.41 Å². The van der Waals surface area contributed by atoms with Gasteiger partial charge in [0.1, 0.15) is 0 Å². The summed E-state index contributed by atoms with van der Waals surface area (Å²) in [5, 5.41) is 12.5. The highest BCUT2D eigenvalue weighted by atomic mass is 16.3. The van der Waals surface area contributed by atoms with Gasteiger partial charge in [0.15, 0.2) is 11.3 Å². The lowest BCUT2D eigenvalue weighted by molar-refractivity contribution is 0.631. The molecule has 3 heterocycles. The van der Waals surface area contributed by atoms with Gasteiger partial charge in [0.2, 0.25) is 0 Å². The van der Waals surface area contributed by atoms with E-state index in [1.807, 2.05) is 30.3 Å². The van der Waals surface area contributed by atoms with E-state index >= 15 is 0 Å². The number of hydrogen-bond donors (Lipinski definition) is 2. The van der Waals surface area contributed by atoms with E-state index in [1.54, 1.807) is 24.8 Å². The summed E-state index contributed by atoms with van der Waals surface area (Å²) >= 11 is 0. The molecule has 5 rings (SSSR count). The Labute approximate surface area is 150 Å². The summed E-state index contributed by atoms with van der Waals surface area (Å²) in [6.07, 6.45) is 8.76. The molecule has 0 saturated heterocycles. The lowest BCUT2D eigenvalue weighted by Gasteiger charge is -2.09. The minimum Gasteiger partial charge on any atom is -0.452 e. The molecule has 0 aliphatic heterocycles. The molecule has 4 aromatic rings. The molecule has 0 atom stereocenters. The van der Waals surface area contributed by atoms with E-state index in [2.05, 4.69) is 21.4 Å². The Hall–Kier alpha value is -3.47. The second-order valence-electron chi connectivity index (χ2n) is 6.39. The van der Waals surface area contributed by atoms with Gasteiger partial charge in [0, 0.05) is 40.9 Å². The Morgan fingerprint density at radius 2 is 1.81 bits per heavy atom. The molecule has 1 aromatic carbocycles. The largest absolute Gasteiger partial charge is 0.452 e. The van der Waals surface area contributed by atoms with Gasteiger partial charge in [0.05, 0.1) is 11.9 Å². The SMILES string of the molecule is N=C1CCc2cc(Nc3c(-c4ccncc4)oc4cnccc34)ccc21. The number of nitrogens with one attached hydrogen (secondary N) is 2. The van der Waals surface area contributed by atoms with Crippen molar-refractivity contribution < 1.29 is 4.42 Å². The summed E-state index contributed by atoms with van der Waals surface area (Å²) in [5.41, 5.74) is 6.62. The van der Waals surface area contributed by atoms with Crippen LogP contribution in [-0.2, 0) is 6.42 Å². The molecule has 0 bridgehead atoms. The van der Waals surface area contributed by atoms with Crippen molar-refractivity contribution in [3.05, 3.63) is 72.3 Å². The Morgan fingerprint density at radius 1 is 0.962 bits per heavy atom. The predicted molar refractivity (Wildman–Crippen MR) is 102 cm³/mol. The number of anilines is 2. The summed E-state index contributed by atoms with van der Waals surface area (Å²) in [5.74, 6) is 0.767. The average molecular weight is 340 g/mol. The van der Waals surface area contributed by atoms with Crippen molar-refractivity contribution in [2.24, 2.45) is 0 Å². The summed E-state index contributed by atoms with van der Waals surface area (Å²) < 4.78 is 6.08. The smallest absolute Gasteiger partial charge is 0.159 e. The number of pyridine rings is 2. The van der Waals surface area contributed by atoms with Crippen LogP contribution in [0.25, 0.3) is 22.3 Å². The monoisotopic (exact) mass is 340 g/mol. The van der Waals surface area contributed by atoms with E-state index in [-0.39, 0.29) is 0 Å². The molecule has 0 fully saturated rings. The minimum atomic E-state index is 0.726. The second-order valence-corrected chi connectivity index (χ2v) is 6.39. The van der Waals surface area contributed by atoms with Crippen LogP contribution >= 0.6 is 0 Å².